The van der Waals surface area contributed by atoms with Crippen molar-refractivity contribution in [1.82, 2.24) is 15.6 Å². The number of thiophene rings is 1. The molecule has 2 heterocycles. The van der Waals surface area contributed by atoms with Crippen molar-refractivity contribution in [2.75, 3.05) is 13.7 Å². The summed E-state index contributed by atoms with van der Waals surface area (Å²) in [4.78, 5) is 18.8. The van der Waals surface area contributed by atoms with Crippen LogP contribution in [-0.2, 0) is 13.0 Å². The number of carbonyl (C=O) groups is 1. The number of hydrogen-bond acceptors (Lipinski definition) is 5. The number of nitrogens with one attached hydrogen (secondary N) is 2. The second kappa shape index (κ2) is 8.82. The number of aromatic nitrogens is 1. The highest BCUT2D eigenvalue weighted by Gasteiger charge is 2.11. The van der Waals surface area contributed by atoms with Crippen molar-refractivity contribution in [1.29, 1.82) is 0 Å². The van der Waals surface area contributed by atoms with Gasteiger partial charge in [-0.2, -0.15) is 0 Å². The first-order valence-electron chi connectivity index (χ1n) is 8.30. The molecule has 0 aliphatic carbocycles. The van der Waals surface area contributed by atoms with Crippen LogP contribution in [0, 0.1) is 6.92 Å². The van der Waals surface area contributed by atoms with Crippen LogP contribution in [0.15, 0.2) is 41.8 Å². The third kappa shape index (κ3) is 4.83. The van der Waals surface area contributed by atoms with Gasteiger partial charge >= 0.3 is 6.03 Å². The lowest BCUT2D eigenvalue weighted by Crippen LogP contribution is -2.36. The summed E-state index contributed by atoms with van der Waals surface area (Å²) in [5.74, 6) is 0.835. The van der Waals surface area contributed by atoms with E-state index in [-0.39, 0.29) is 6.03 Å². The van der Waals surface area contributed by atoms with Crippen molar-refractivity contribution in [2.24, 2.45) is 0 Å². The highest BCUT2D eigenvalue weighted by Crippen LogP contribution is 2.30. The summed E-state index contributed by atoms with van der Waals surface area (Å²) in [6.45, 7) is 3.05. The largest absolute Gasteiger partial charge is 0.497 e. The van der Waals surface area contributed by atoms with Gasteiger partial charge < -0.3 is 15.4 Å². The molecule has 136 valence electrons. The smallest absolute Gasteiger partial charge is 0.315 e. The Hall–Kier alpha value is -2.38. The fourth-order valence-electron chi connectivity index (χ4n) is 2.43. The number of methoxy groups -OCH3 is 1. The van der Waals surface area contributed by atoms with Gasteiger partial charge in [-0.05, 0) is 42.5 Å². The number of hydrogen-bond donors (Lipinski definition) is 2. The van der Waals surface area contributed by atoms with Gasteiger partial charge in [0.1, 0.15) is 10.8 Å². The Morgan fingerprint density at radius 1 is 1.19 bits per heavy atom. The Morgan fingerprint density at radius 2 is 2.00 bits per heavy atom. The first-order valence-corrected chi connectivity index (χ1v) is 10.00. The molecule has 7 heteroatoms. The Balaban J connectivity index is 1.44. The molecule has 0 aliphatic rings. The Labute approximate surface area is 161 Å². The predicted molar refractivity (Wildman–Crippen MR) is 107 cm³/mol. The lowest BCUT2D eigenvalue weighted by atomic mass is 10.1. The van der Waals surface area contributed by atoms with Crippen molar-refractivity contribution in [3.63, 3.8) is 0 Å². The molecular formula is C19H21N3O2S2. The number of rotatable bonds is 7. The van der Waals surface area contributed by atoms with Crippen LogP contribution in [0.1, 0.15) is 16.1 Å². The first kappa shape index (κ1) is 18.4. The van der Waals surface area contributed by atoms with E-state index in [2.05, 4.69) is 21.7 Å². The quantitative estimate of drug-likeness (QED) is 0.638. The molecule has 2 aromatic heterocycles. The van der Waals surface area contributed by atoms with Crippen LogP contribution in [0.5, 0.6) is 5.75 Å². The van der Waals surface area contributed by atoms with Crippen LogP contribution in [0.2, 0.25) is 0 Å². The maximum Gasteiger partial charge on any atom is 0.315 e. The topological polar surface area (TPSA) is 63.2 Å². The number of urea groups is 1. The fraction of sp³-hybridized carbons (Fsp3) is 0.263. The minimum atomic E-state index is -0.163. The van der Waals surface area contributed by atoms with Crippen LogP contribution in [0.4, 0.5) is 4.79 Å². The van der Waals surface area contributed by atoms with Crippen molar-refractivity contribution in [3.8, 4) is 15.6 Å². The van der Waals surface area contributed by atoms with Gasteiger partial charge in [0.05, 0.1) is 24.2 Å². The number of carbonyl (C=O) groups excluding carboxylic acids is 1. The molecule has 0 aliphatic heterocycles. The van der Waals surface area contributed by atoms with E-state index in [0.29, 0.717) is 13.1 Å². The van der Waals surface area contributed by atoms with E-state index in [1.807, 2.05) is 42.6 Å². The van der Waals surface area contributed by atoms with Crippen LogP contribution in [-0.4, -0.2) is 24.7 Å². The zero-order valence-corrected chi connectivity index (χ0v) is 16.4. The van der Waals surface area contributed by atoms with Crippen molar-refractivity contribution < 1.29 is 9.53 Å². The minimum Gasteiger partial charge on any atom is -0.497 e. The molecule has 0 atom stereocenters. The fourth-order valence-corrected chi connectivity index (χ4v) is 4.23. The number of amides is 2. The number of thiazole rings is 1. The predicted octanol–water partition coefficient (Wildman–Crippen LogP) is 4.23. The first-order chi connectivity index (χ1) is 12.7. The average molecular weight is 388 g/mol. The van der Waals surface area contributed by atoms with E-state index >= 15 is 0 Å². The summed E-state index contributed by atoms with van der Waals surface area (Å²) in [6, 6.07) is 11.8. The molecule has 0 spiro atoms. The maximum atomic E-state index is 12.0. The van der Waals surface area contributed by atoms with Gasteiger partial charge in [0, 0.05) is 11.4 Å². The molecule has 26 heavy (non-hydrogen) atoms. The maximum absolute atomic E-state index is 12.0. The molecular weight excluding hydrogens is 366 g/mol. The van der Waals surface area contributed by atoms with Crippen molar-refractivity contribution in [3.05, 3.63) is 57.9 Å². The van der Waals surface area contributed by atoms with E-state index in [0.717, 1.165) is 38.2 Å². The molecule has 3 rings (SSSR count). The van der Waals surface area contributed by atoms with Crippen LogP contribution < -0.4 is 15.4 Å². The third-order valence-corrected chi connectivity index (χ3v) is 6.09. The Kier molecular flexibility index (Phi) is 6.25. The molecule has 3 aromatic rings. The lowest BCUT2D eigenvalue weighted by molar-refractivity contribution is 0.240. The molecule has 2 N–H and O–H groups in total. The molecule has 0 unspecified atom stereocenters. The monoisotopic (exact) mass is 387 g/mol. The zero-order chi connectivity index (χ0) is 18.4. The van der Waals surface area contributed by atoms with Crippen LogP contribution in [0.3, 0.4) is 0 Å². The molecule has 0 bridgehead atoms. The van der Waals surface area contributed by atoms with Gasteiger partial charge in [-0.3, -0.25) is 0 Å². The van der Waals surface area contributed by atoms with Gasteiger partial charge in [-0.1, -0.05) is 18.2 Å². The molecule has 0 fully saturated rings. The van der Waals surface area contributed by atoms with E-state index in [9.17, 15) is 4.79 Å². The van der Waals surface area contributed by atoms with Gasteiger partial charge in [0.25, 0.3) is 0 Å². The van der Waals surface area contributed by atoms with Gasteiger partial charge in [0.15, 0.2) is 0 Å². The lowest BCUT2D eigenvalue weighted by Gasteiger charge is -2.07. The van der Waals surface area contributed by atoms with E-state index < -0.39 is 0 Å². The van der Waals surface area contributed by atoms with Crippen LogP contribution >= 0.6 is 22.7 Å². The third-order valence-electron chi connectivity index (χ3n) is 3.89. The number of nitrogens with zero attached hydrogens (tertiary/aromatic N) is 1. The highest BCUT2D eigenvalue weighted by atomic mass is 32.1. The Morgan fingerprint density at radius 3 is 2.69 bits per heavy atom. The average Bonchev–Trinajstić information content (AvgIpc) is 3.30. The second-order valence-electron chi connectivity index (χ2n) is 5.71. The van der Waals surface area contributed by atoms with Crippen molar-refractivity contribution in [2.45, 2.75) is 19.9 Å². The highest BCUT2D eigenvalue weighted by molar-refractivity contribution is 7.21. The normalized spacial score (nSPS) is 10.5. The number of ether oxygens (including phenoxy) is 1. The summed E-state index contributed by atoms with van der Waals surface area (Å²) in [5, 5.41) is 8.85. The Bertz CT molecular complexity index is 842. The van der Waals surface area contributed by atoms with E-state index in [1.165, 1.54) is 0 Å². The molecule has 1 aromatic carbocycles. The van der Waals surface area contributed by atoms with Crippen LogP contribution in [0.25, 0.3) is 9.88 Å². The van der Waals surface area contributed by atoms with E-state index in [1.54, 1.807) is 29.8 Å². The zero-order valence-electron chi connectivity index (χ0n) is 14.7. The summed E-state index contributed by atoms with van der Waals surface area (Å²) in [6.07, 6.45) is 0.777. The SMILES string of the molecule is COc1ccc(CCNC(=O)NCc2sc(-c3cccs3)nc2C)cc1. The molecule has 0 saturated heterocycles. The minimum absolute atomic E-state index is 0.163. The summed E-state index contributed by atoms with van der Waals surface area (Å²) in [5.41, 5.74) is 2.13. The molecule has 0 saturated carbocycles. The van der Waals surface area contributed by atoms with Gasteiger partial charge in [-0.15, -0.1) is 22.7 Å². The number of aryl methyl sites for hydroxylation is 1. The summed E-state index contributed by atoms with van der Waals surface area (Å²) < 4.78 is 5.14. The second-order valence-corrected chi connectivity index (χ2v) is 7.74. The molecule has 2 amide bonds. The molecule has 5 nitrogen and oxygen atoms in total. The van der Waals surface area contributed by atoms with Gasteiger partial charge in [0.2, 0.25) is 0 Å². The van der Waals surface area contributed by atoms with Gasteiger partial charge in [-0.25, -0.2) is 9.78 Å². The standard InChI is InChI=1S/C19H21N3O2S2/c1-13-17(26-18(22-13)16-4-3-11-25-16)12-21-19(23)20-10-9-14-5-7-15(24-2)8-6-14/h3-8,11H,9-10,12H2,1-2H3,(H2,20,21,23). The summed E-state index contributed by atoms with van der Waals surface area (Å²) >= 11 is 3.30. The summed E-state index contributed by atoms with van der Waals surface area (Å²) in [7, 11) is 1.65. The number of benzene rings is 1. The van der Waals surface area contributed by atoms with Crippen molar-refractivity contribution >= 4 is 28.7 Å². The van der Waals surface area contributed by atoms with E-state index in [4.69, 9.17) is 4.74 Å². The molecule has 0 radical (unpaired) electrons.